The lowest BCUT2D eigenvalue weighted by Gasteiger charge is -2.04. The molecule has 0 saturated heterocycles. The molecule has 0 amide bonds. The SMILES string of the molecule is COc1cccc2cc(-c3cn4c(n3)sc3cc(Cl)ccc34)c(=O)oc12. The molecule has 3 heterocycles. The van der Waals surface area contributed by atoms with Gasteiger partial charge in [-0.1, -0.05) is 35.1 Å². The molecule has 0 saturated carbocycles. The van der Waals surface area contributed by atoms with Crippen molar-refractivity contribution in [3.05, 3.63) is 64.1 Å². The fourth-order valence-corrected chi connectivity index (χ4v) is 4.35. The van der Waals surface area contributed by atoms with E-state index in [2.05, 4.69) is 4.98 Å². The molecule has 0 aliphatic heterocycles. The number of nitrogens with zero attached hydrogens (tertiary/aromatic N) is 2. The highest BCUT2D eigenvalue weighted by molar-refractivity contribution is 7.23. The van der Waals surface area contributed by atoms with Crippen molar-refractivity contribution in [2.24, 2.45) is 0 Å². The van der Waals surface area contributed by atoms with Crippen LogP contribution in [0.1, 0.15) is 0 Å². The van der Waals surface area contributed by atoms with Gasteiger partial charge in [-0.15, -0.1) is 0 Å². The second kappa shape index (κ2) is 5.59. The summed E-state index contributed by atoms with van der Waals surface area (Å²) in [5.41, 5.74) is 1.99. The number of aromatic nitrogens is 2. The van der Waals surface area contributed by atoms with Gasteiger partial charge < -0.3 is 9.15 Å². The molecule has 5 nitrogen and oxygen atoms in total. The average Bonchev–Trinajstić information content (AvgIpc) is 3.17. The first kappa shape index (κ1) is 15.4. The maximum absolute atomic E-state index is 12.5. The van der Waals surface area contributed by atoms with Gasteiger partial charge in [-0.05, 0) is 30.3 Å². The monoisotopic (exact) mass is 382 g/mol. The van der Waals surface area contributed by atoms with E-state index in [-0.39, 0.29) is 0 Å². The Labute approximate surface area is 156 Å². The van der Waals surface area contributed by atoms with Crippen LogP contribution in [-0.4, -0.2) is 16.5 Å². The van der Waals surface area contributed by atoms with Crippen molar-refractivity contribution in [2.75, 3.05) is 7.11 Å². The summed E-state index contributed by atoms with van der Waals surface area (Å²) < 4.78 is 13.8. The topological polar surface area (TPSA) is 56.7 Å². The van der Waals surface area contributed by atoms with Crippen LogP contribution in [0, 0.1) is 0 Å². The number of thiazole rings is 1. The zero-order valence-corrected chi connectivity index (χ0v) is 15.1. The Kier molecular flexibility index (Phi) is 3.32. The minimum absolute atomic E-state index is 0.420. The van der Waals surface area contributed by atoms with Crippen LogP contribution in [0.25, 0.3) is 37.4 Å². The average molecular weight is 383 g/mol. The number of methoxy groups -OCH3 is 1. The van der Waals surface area contributed by atoms with Gasteiger partial charge in [0.25, 0.3) is 0 Å². The van der Waals surface area contributed by atoms with Crippen LogP contribution < -0.4 is 10.4 Å². The van der Waals surface area contributed by atoms with Crippen LogP contribution >= 0.6 is 22.9 Å². The van der Waals surface area contributed by atoms with E-state index in [1.165, 1.54) is 11.3 Å². The van der Waals surface area contributed by atoms with E-state index >= 15 is 0 Å². The van der Waals surface area contributed by atoms with E-state index in [1.807, 2.05) is 40.9 Å². The Morgan fingerprint density at radius 2 is 2.12 bits per heavy atom. The number of fused-ring (bicyclic) bond motifs is 4. The second-order valence-electron chi connectivity index (χ2n) is 5.82. The van der Waals surface area contributed by atoms with E-state index in [9.17, 15) is 4.79 Å². The summed E-state index contributed by atoms with van der Waals surface area (Å²) in [5, 5.41) is 1.47. The van der Waals surface area contributed by atoms with Gasteiger partial charge in [0, 0.05) is 16.6 Å². The predicted octanol–water partition coefficient (Wildman–Crippen LogP) is 4.98. The molecular formula is C19H11ClN2O3S. The first-order valence-corrected chi connectivity index (χ1v) is 9.02. The lowest BCUT2D eigenvalue weighted by Crippen LogP contribution is -2.03. The van der Waals surface area contributed by atoms with Gasteiger partial charge in [-0.3, -0.25) is 4.40 Å². The molecule has 0 bridgehead atoms. The van der Waals surface area contributed by atoms with Gasteiger partial charge in [-0.2, -0.15) is 0 Å². The van der Waals surface area contributed by atoms with Gasteiger partial charge in [0.05, 0.1) is 28.6 Å². The Morgan fingerprint density at radius 3 is 2.96 bits per heavy atom. The quantitative estimate of drug-likeness (QED) is 0.404. The molecule has 3 aromatic heterocycles. The van der Waals surface area contributed by atoms with Crippen LogP contribution in [0.3, 0.4) is 0 Å². The van der Waals surface area contributed by atoms with Crippen LogP contribution in [-0.2, 0) is 0 Å². The first-order chi connectivity index (χ1) is 12.6. The van der Waals surface area contributed by atoms with Gasteiger partial charge in [0.2, 0.25) is 0 Å². The molecule has 0 fully saturated rings. The number of hydrogen-bond donors (Lipinski definition) is 0. The molecule has 0 aliphatic carbocycles. The Balaban J connectivity index is 1.74. The minimum Gasteiger partial charge on any atom is -0.493 e. The molecule has 7 heteroatoms. The highest BCUT2D eigenvalue weighted by Crippen LogP contribution is 2.32. The number of para-hydroxylation sites is 1. The highest BCUT2D eigenvalue weighted by Gasteiger charge is 2.16. The smallest absolute Gasteiger partial charge is 0.345 e. The molecular weight excluding hydrogens is 372 g/mol. The van der Waals surface area contributed by atoms with Gasteiger partial charge in [-0.25, -0.2) is 9.78 Å². The van der Waals surface area contributed by atoms with Crippen molar-refractivity contribution in [2.45, 2.75) is 0 Å². The molecule has 128 valence electrons. The summed E-state index contributed by atoms with van der Waals surface area (Å²) in [6, 6.07) is 13.0. The number of rotatable bonds is 2. The number of benzene rings is 2. The summed E-state index contributed by atoms with van der Waals surface area (Å²) in [6.45, 7) is 0. The maximum atomic E-state index is 12.5. The van der Waals surface area contributed by atoms with Crippen molar-refractivity contribution in [3.63, 3.8) is 0 Å². The zero-order valence-electron chi connectivity index (χ0n) is 13.5. The molecule has 0 radical (unpaired) electrons. The zero-order chi connectivity index (χ0) is 17.8. The van der Waals surface area contributed by atoms with Crippen LogP contribution in [0.2, 0.25) is 5.02 Å². The molecule has 5 rings (SSSR count). The van der Waals surface area contributed by atoms with Crippen LogP contribution in [0.5, 0.6) is 5.75 Å². The minimum atomic E-state index is -0.444. The molecule has 5 aromatic rings. The number of ether oxygens (including phenoxy) is 1. The van der Waals surface area contributed by atoms with Gasteiger partial charge >= 0.3 is 5.63 Å². The van der Waals surface area contributed by atoms with Crippen LogP contribution in [0.4, 0.5) is 0 Å². The summed E-state index contributed by atoms with van der Waals surface area (Å²) in [7, 11) is 1.55. The van der Waals surface area contributed by atoms with E-state index < -0.39 is 5.63 Å². The summed E-state index contributed by atoms with van der Waals surface area (Å²) in [4.78, 5) is 17.9. The molecule has 2 aromatic carbocycles. The Bertz CT molecular complexity index is 1370. The number of hydrogen-bond acceptors (Lipinski definition) is 5. The standard InChI is InChI=1S/C19H11ClN2O3S/c1-24-15-4-2-3-10-7-12(18(23)25-17(10)15)13-9-22-14-6-5-11(20)8-16(14)26-19(22)21-13/h2-9H,1H3. The molecule has 0 spiro atoms. The predicted molar refractivity (Wildman–Crippen MR) is 104 cm³/mol. The van der Waals surface area contributed by atoms with E-state index in [0.29, 0.717) is 27.6 Å². The third-order valence-electron chi connectivity index (χ3n) is 4.28. The lowest BCUT2D eigenvalue weighted by molar-refractivity contribution is 0.407. The van der Waals surface area contributed by atoms with Crippen molar-refractivity contribution >= 4 is 49.1 Å². The Hall–Kier alpha value is -2.83. The number of halogens is 1. The largest absolute Gasteiger partial charge is 0.493 e. The highest BCUT2D eigenvalue weighted by atomic mass is 35.5. The molecule has 0 N–H and O–H groups in total. The lowest BCUT2D eigenvalue weighted by atomic mass is 10.1. The van der Waals surface area contributed by atoms with Crippen molar-refractivity contribution in [1.82, 2.24) is 9.38 Å². The fourth-order valence-electron chi connectivity index (χ4n) is 3.06. The number of imidazole rings is 1. The van der Waals surface area contributed by atoms with Gasteiger partial charge in [0.15, 0.2) is 16.3 Å². The summed E-state index contributed by atoms with van der Waals surface area (Å²) in [6.07, 6.45) is 1.85. The molecule has 0 atom stereocenters. The van der Waals surface area contributed by atoms with E-state index in [0.717, 1.165) is 20.6 Å². The summed E-state index contributed by atoms with van der Waals surface area (Å²) in [5.74, 6) is 0.528. The van der Waals surface area contributed by atoms with Gasteiger partial charge in [0.1, 0.15) is 0 Å². The normalized spacial score (nSPS) is 11.6. The Morgan fingerprint density at radius 1 is 1.23 bits per heavy atom. The van der Waals surface area contributed by atoms with Crippen LogP contribution in [0.15, 0.2) is 57.9 Å². The summed E-state index contributed by atoms with van der Waals surface area (Å²) >= 11 is 7.58. The molecule has 26 heavy (non-hydrogen) atoms. The molecule has 0 unspecified atom stereocenters. The third-order valence-corrected chi connectivity index (χ3v) is 5.53. The van der Waals surface area contributed by atoms with Crippen molar-refractivity contribution < 1.29 is 9.15 Å². The van der Waals surface area contributed by atoms with Crippen molar-refractivity contribution in [1.29, 1.82) is 0 Å². The second-order valence-corrected chi connectivity index (χ2v) is 7.26. The maximum Gasteiger partial charge on any atom is 0.345 e. The molecule has 0 aliphatic rings. The van der Waals surface area contributed by atoms with E-state index in [1.54, 1.807) is 19.2 Å². The first-order valence-electron chi connectivity index (χ1n) is 7.82. The van der Waals surface area contributed by atoms with Crippen molar-refractivity contribution in [3.8, 4) is 17.0 Å². The third kappa shape index (κ3) is 2.23. The fraction of sp³-hybridized carbons (Fsp3) is 0.0526. The van der Waals surface area contributed by atoms with E-state index in [4.69, 9.17) is 20.8 Å².